The zero-order valence-corrected chi connectivity index (χ0v) is 14.9. The fourth-order valence-electron chi connectivity index (χ4n) is 4.12. The third-order valence-corrected chi connectivity index (χ3v) is 5.67. The Balaban J connectivity index is 1.39. The molecule has 2 aromatic rings. The van der Waals surface area contributed by atoms with Gasteiger partial charge in [-0.05, 0) is 55.5 Å². The van der Waals surface area contributed by atoms with Gasteiger partial charge in [-0.2, -0.15) is 0 Å². The molecule has 1 aliphatic heterocycles. The van der Waals surface area contributed by atoms with E-state index in [9.17, 15) is 9.18 Å². The summed E-state index contributed by atoms with van der Waals surface area (Å²) in [6, 6.07) is 17.4. The summed E-state index contributed by atoms with van der Waals surface area (Å²) in [6.45, 7) is 2.77. The number of carbonyl (C=O) groups is 1. The Kier molecular flexibility index (Phi) is 5.02. The first kappa shape index (κ1) is 17.2. The lowest BCUT2D eigenvalue weighted by atomic mass is 10.1. The molecule has 0 spiro atoms. The van der Waals surface area contributed by atoms with Gasteiger partial charge in [-0.3, -0.25) is 9.69 Å². The van der Waals surface area contributed by atoms with E-state index in [2.05, 4.69) is 34.5 Å². The highest BCUT2D eigenvalue weighted by molar-refractivity contribution is 5.83. The number of hydrogen-bond acceptors (Lipinski definition) is 2. The number of nitrogens with one attached hydrogen (secondary N) is 1. The van der Waals surface area contributed by atoms with Gasteiger partial charge in [-0.15, -0.1) is 0 Å². The number of carbonyl (C=O) groups excluding carboxylic acids is 1. The van der Waals surface area contributed by atoms with E-state index in [-0.39, 0.29) is 29.6 Å². The molecule has 26 heavy (non-hydrogen) atoms. The van der Waals surface area contributed by atoms with Crippen LogP contribution in [0.4, 0.5) is 4.39 Å². The fraction of sp³-hybridized carbons (Fsp3) is 0.409. The topological polar surface area (TPSA) is 32.3 Å². The van der Waals surface area contributed by atoms with Crippen molar-refractivity contribution in [1.82, 2.24) is 10.2 Å². The molecule has 1 amide bonds. The van der Waals surface area contributed by atoms with Crippen molar-refractivity contribution < 1.29 is 9.18 Å². The molecule has 2 aromatic carbocycles. The largest absolute Gasteiger partial charge is 0.354 e. The number of likely N-dealkylation sites (tertiary alicyclic amines) is 1. The van der Waals surface area contributed by atoms with E-state index in [1.165, 1.54) is 24.5 Å². The third kappa shape index (κ3) is 3.65. The van der Waals surface area contributed by atoms with Crippen LogP contribution in [0.1, 0.15) is 42.3 Å². The van der Waals surface area contributed by atoms with E-state index in [0.29, 0.717) is 12.1 Å². The van der Waals surface area contributed by atoms with Crippen molar-refractivity contribution in [2.45, 2.75) is 31.2 Å². The molecule has 0 radical (unpaired) electrons. The predicted molar refractivity (Wildman–Crippen MR) is 100 cm³/mol. The average molecular weight is 352 g/mol. The molecule has 2 aliphatic rings. The molecule has 3 atom stereocenters. The van der Waals surface area contributed by atoms with E-state index >= 15 is 0 Å². The Morgan fingerprint density at radius 1 is 1.08 bits per heavy atom. The van der Waals surface area contributed by atoms with Gasteiger partial charge in [0, 0.05) is 12.5 Å². The summed E-state index contributed by atoms with van der Waals surface area (Å²) >= 11 is 0. The van der Waals surface area contributed by atoms with Crippen LogP contribution in [-0.4, -0.2) is 30.4 Å². The second-order valence-corrected chi connectivity index (χ2v) is 7.38. The molecule has 1 N–H and O–H groups in total. The van der Waals surface area contributed by atoms with Crippen LogP contribution >= 0.6 is 0 Å². The summed E-state index contributed by atoms with van der Waals surface area (Å²) in [7, 11) is 0. The molecule has 2 fully saturated rings. The van der Waals surface area contributed by atoms with E-state index in [0.717, 1.165) is 19.5 Å². The lowest BCUT2D eigenvalue weighted by molar-refractivity contribution is -0.122. The van der Waals surface area contributed by atoms with Crippen molar-refractivity contribution in [2.24, 2.45) is 5.92 Å². The monoisotopic (exact) mass is 352 g/mol. The Labute approximate surface area is 154 Å². The van der Waals surface area contributed by atoms with Gasteiger partial charge >= 0.3 is 0 Å². The van der Waals surface area contributed by atoms with Crippen LogP contribution in [0.25, 0.3) is 0 Å². The lowest BCUT2D eigenvalue weighted by Gasteiger charge is -2.28. The molecule has 3 unspecified atom stereocenters. The summed E-state index contributed by atoms with van der Waals surface area (Å²) in [5.41, 5.74) is 1.92. The quantitative estimate of drug-likeness (QED) is 0.856. The SMILES string of the molecule is O=C(NCC(c1ccccc1)N1CCCC1)C1CC1c1ccccc1F. The summed E-state index contributed by atoms with van der Waals surface area (Å²) in [6.07, 6.45) is 3.18. The maximum absolute atomic E-state index is 13.9. The van der Waals surface area contributed by atoms with Crippen molar-refractivity contribution in [3.63, 3.8) is 0 Å². The summed E-state index contributed by atoms with van der Waals surface area (Å²) < 4.78 is 13.9. The summed E-state index contributed by atoms with van der Waals surface area (Å²) in [5, 5.41) is 3.14. The molecular formula is C22H25FN2O. The molecule has 0 aromatic heterocycles. The summed E-state index contributed by atoms with van der Waals surface area (Å²) in [4.78, 5) is 15.1. The minimum Gasteiger partial charge on any atom is -0.354 e. The number of amides is 1. The number of nitrogens with zero attached hydrogens (tertiary/aromatic N) is 1. The molecule has 1 heterocycles. The molecule has 1 aliphatic carbocycles. The van der Waals surface area contributed by atoms with Crippen LogP contribution in [0.15, 0.2) is 54.6 Å². The van der Waals surface area contributed by atoms with Gasteiger partial charge in [0.15, 0.2) is 0 Å². The van der Waals surface area contributed by atoms with Gasteiger partial charge in [0.2, 0.25) is 5.91 Å². The van der Waals surface area contributed by atoms with Crippen molar-refractivity contribution in [3.05, 3.63) is 71.5 Å². The van der Waals surface area contributed by atoms with E-state index in [1.54, 1.807) is 12.1 Å². The molecule has 1 saturated heterocycles. The Morgan fingerprint density at radius 3 is 2.50 bits per heavy atom. The minimum atomic E-state index is -0.202. The molecule has 3 nitrogen and oxygen atoms in total. The van der Waals surface area contributed by atoms with Crippen LogP contribution in [0.5, 0.6) is 0 Å². The molecular weight excluding hydrogens is 327 g/mol. The van der Waals surface area contributed by atoms with E-state index in [1.807, 2.05) is 12.1 Å². The van der Waals surface area contributed by atoms with Crippen LogP contribution in [0.2, 0.25) is 0 Å². The fourth-order valence-corrected chi connectivity index (χ4v) is 4.12. The zero-order valence-electron chi connectivity index (χ0n) is 14.9. The van der Waals surface area contributed by atoms with Gasteiger partial charge in [-0.1, -0.05) is 48.5 Å². The standard InChI is InChI=1S/C22H25FN2O/c23-20-11-5-4-10-17(20)18-14-19(18)22(26)24-15-21(25-12-6-7-13-25)16-8-2-1-3-9-16/h1-5,8-11,18-19,21H,6-7,12-15H2,(H,24,26). The maximum atomic E-state index is 13.9. The van der Waals surface area contributed by atoms with Crippen molar-refractivity contribution >= 4 is 5.91 Å². The van der Waals surface area contributed by atoms with Gasteiger partial charge in [0.25, 0.3) is 0 Å². The number of hydrogen-bond donors (Lipinski definition) is 1. The first-order valence-electron chi connectivity index (χ1n) is 9.55. The Hall–Kier alpha value is -2.20. The first-order valence-corrected chi connectivity index (χ1v) is 9.55. The second kappa shape index (κ2) is 7.58. The molecule has 4 rings (SSSR count). The Bertz CT molecular complexity index is 758. The highest BCUT2D eigenvalue weighted by Crippen LogP contribution is 2.48. The van der Waals surface area contributed by atoms with Gasteiger partial charge < -0.3 is 5.32 Å². The van der Waals surface area contributed by atoms with Crippen LogP contribution in [0, 0.1) is 11.7 Å². The van der Waals surface area contributed by atoms with E-state index in [4.69, 9.17) is 0 Å². The van der Waals surface area contributed by atoms with Gasteiger partial charge in [0.05, 0.1) is 6.04 Å². The molecule has 0 bridgehead atoms. The van der Waals surface area contributed by atoms with Crippen LogP contribution in [0.3, 0.4) is 0 Å². The van der Waals surface area contributed by atoms with Crippen LogP contribution < -0.4 is 5.32 Å². The first-order chi connectivity index (χ1) is 12.7. The molecule has 4 heteroatoms. The molecule has 136 valence electrons. The predicted octanol–water partition coefficient (Wildman–Crippen LogP) is 3.88. The Morgan fingerprint density at radius 2 is 1.77 bits per heavy atom. The van der Waals surface area contributed by atoms with Crippen molar-refractivity contribution in [3.8, 4) is 0 Å². The van der Waals surface area contributed by atoms with Gasteiger partial charge in [0.1, 0.15) is 5.82 Å². The highest BCUT2D eigenvalue weighted by Gasteiger charge is 2.45. The van der Waals surface area contributed by atoms with Crippen LogP contribution in [-0.2, 0) is 4.79 Å². The van der Waals surface area contributed by atoms with E-state index < -0.39 is 0 Å². The number of rotatable bonds is 6. The normalized spacial score (nSPS) is 23.6. The van der Waals surface area contributed by atoms with Gasteiger partial charge in [-0.25, -0.2) is 4.39 Å². The third-order valence-electron chi connectivity index (χ3n) is 5.67. The lowest BCUT2D eigenvalue weighted by Crippen LogP contribution is -2.37. The van der Waals surface area contributed by atoms with Crippen molar-refractivity contribution in [1.29, 1.82) is 0 Å². The zero-order chi connectivity index (χ0) is 17.9. The van der Waals surface area contributed by atoms with Crippen molar-refractivity contribution in [2.75, 3.05) is 19.6 Å². The average Bonchev–Trinajstić information content (AvgIpc) is 3.28. The minimum absolute atomic E-state index is 0.0261. The second-order valence-electron chi connectivity index (χ2n) is 7.38. The number of halogens is 1. The summed E-state index contributed by atoms with van der Waals surface area (Å²) in [5.74, 6) is -0.217. The highest BCUT2D eigenvalue weighted by atomic mass is 19.1. The number of benzene rings is 2. The smallest absolute Gasteiger partial charge is 0.223 e. The molecule has 1 saturated carbocycles. The maximum Gasteiger partial charge on any atom is 0.223 e.